The minimum Gasteiger partial charge on any atom is -0.465 e. The number of imidazole rings is 1. The van der Waals surface area contributed by atoms with Crippen LogP contribution in [0, 0.1) is 6.92 Å². The van der Waals surface area contributed by atoms with Crippen LogP contribution in [0.4, 0.5) is 29.6 Å². The highest BCUT2D eigenvalue weighted by Gasteiger charge is 2.31. The van der Waals surface area contributed by atoms with Crippen molar-refractivity contribution in [2.24, 2.45) is 0 Å². The SMILES string of the molecule is Cc1nc(-c2cccc(C(F)(F)F)c2)n2nc(Nc3cccc(CN(C(=O)O)C(C)(C)C)c3)ncc12. The van der Waals surface area contributed by atoms with E-state index in [4.69, 9.17) is 0 Å². The molecule has 2 N–H and O–H groups in total. The fourth-order valence-electron chi connectivity index (χ4n) is 3.75. The molecule has 0 saturated heterocycles. The van der Waals surface area contributed by atoms with Crippen LogP contribution in [0.2, 0.25) is 0 Å². The predicted molar refractivity (Wildman–Crippen MR) is 129 cm³/mol. The van der Waals surface area contributed by atoms with E-state index >= 15 is 0 Å². The van der Waals surface area contributed by atoms with Gasteiger partial charge in [0.05, 0.1) is 17.5 Å². The average molecular weight is 499 g/mol. The van der Waals surface area contributed by atoms with Gasteiger partial charge in [0.25, 0.3) is 0 Å². The van der Waals surface area contributed by atoms with Crippen LogP contribution in [-0.2, 0) is 12.7 Å². The van der Waals surface area contributed by atoms with E-state index in [1.807, 2.05) is 26.8 Å². The van der Waals surface area contributed by atoms with E-state index in [0.717, 1.165) is 17.7 Å². The van der Waals surface area contributed by atoms with Crippen molar-refractivity contribution in [1.82, 2.24) is 24.5 Å². The first kappa shape index (κ1) is 25.0. The Bertz CT molecular complexity index is 1430. The number of hydrogen-bond donors (Lipinski definition) is 2. The van der Waals surface area contributed by atoms with Gasteiger partial charge in [0.2, 0.25) is 5.95 Å². The molecule has 11 heteroatoms. The summed E-state index contributed by atoms with van der Waals surface area (Å²) in [6.07, 6.45) is -3.95. The van der Waals surface area contributed by atoms with Crippen molar-refractivity contribution in [3.8, 4) is 11.4 Å². The van der Waals surface area contributed by atoms with Gasteiger partial charge in [-0.25, -0.2) is 19.3 Å². The van der Waals surface area contributed by atoms with Crippen LogP contribution >= 0.6 is 0 Å². The Morgan fingerprint density at radius 2 is 1.83 bits per heavy atom. The van der Waals surface area contributed by atoms with Crippen molar-refractivity contribution in [2.45, 2.75) is 46.0 Å². The van der Waals surface area contributed by atoms with Crippen LogP contribution in [0.15, 0.2) is 54.7 Å². The van der Waals surface area contributed by atoms with Crippen molar-refractivity contribution in [2.75, 3.05) is 5.32 Å². The molecule has 1 amide bonds. The maximum absolute atomic E-state index is 13.2. The summed E-state index contributed by atoms with van der Waals surface area (Å²) in [6.45, 7) is 7.38. The lowest BCUT2D eigenvalue weighted by molar-refractivity contribution is -0.137. The molecule has 0 saturated carbocycles. The van der Waals surface area contributed by atoms with Crippen LogP contribution < -0.4 is 5.32 Å². The molecule has 0 fully saturated rings. The fraction of sp³-hybridized carbons (Fsp3) is 0.280. The number of amides is 1. The molecule has 0 spiro atoms. The highest BCUT2D eigenvalue weighted by atomic mass is 19.4. The van der Waals surface area contributed by atoms with Crippen LogP contribution in [0.1, 0.15) is 37.6 Å². The zero-order valence-electron chi connectivity index (χ0n) is 20.1. The van der Waals surface area contributed by atoms with Crippen molar-refractivity contribution >= 4 is 23.2 Å². The van der Waals surface area contributed by atoms with E-state index in [-0.39, 0.29) is 23.9 Å². The zero-order chi connectivity index (χ0) is 26.3. The average Bonchev–Trinajstić information content (AvgIpc) is 3.12. The molecule has 8 nitrogen and oxygen atoms in total. The van der Waals surface area contributed by atoms with Crippen LogP contribution in [-0.4, -0.2) is 41.2 Å². The topological polar surface area (TPSA) is 95.7 Å². The number of aromatic nitrogens is 4. The third-order valence-electron chi connectivity index (χ3n) is 5.59. The number of fused-ring (bicyclic) bond motifs is 1. The summed E-state index contributed by atoms with van der Waals surface area (Å²) in [7, 11) is 0. The molecule has 0 unspecified atom stereocenters. The smallest absolute Gasteiger partial charge is 0.416 e. The molecule has 188 valence electrons. The summed E-state index contributed by atoms with van der Waals surface area (Å²) in [5.41, 5.74) is 1.45. The van der Waals surface area contributed by atoms with Crippen molar-refractivity contribution in [3.63, 3.8) is 0 Å². The maximum atomic E-state index is 13.2. The van der Waals surface area contributed by atoms with E-state index in [1.165, 1.54) is 15.5 Å². The third-order valence-corrected chi connectivity index (χ3v) is 5.59. The molecule has 0 radical (unpaired) electrons. The molecule has 2 aromatic heterocycles. The predicted octanol–water partition coefficient (Wildman–Crippen LogP) is 6.14. The van der Waals surface area contributed by atoms with Crippen molar-refractivity contribution in [3.05, 3.63) is 71.5 Å². The standard InChI is InChI=1S/C25H25F3N6O2/c1-15-20-13-29-22(31-19-10-5-7-16(11-19)14-33(23(35)36)24(2,3)4)32-34(20)21(30-15)17-8-6-9-18(12-17)25(26,27)28/h5-13H,14H2,1-4H3,(H,31,32)(H,35,36). The van der Waals surface area contributed by atoms with E-state index in [9.17, 15) is 23.1 Å². The second-order valence-electron chi connectivity index (χ2n) is 9.34. The van der Waals surface area contributed by atoms with Gasteiger partial charge < -0.3 is 10.4 Å². The summed E-state index contributed by atoms with van der Waals surface area (Å²) >= 11 is 0. The number of anilines is 2. The van der Waals surface area contributed by atoms with Gasteiger partial charge in [0.15, 0.2) is 5.82 Å². The van der Waals surface area contributed by atoms with E-state index in [0.29, 0.717) is 16.9 Å². The van der Waals surface area contributed by atoms with Gasteiger partial charge >= 0.3 is 12.3 Å². The van der Waals surface area contributed by atoms with Crippen molar-refractivity contribution in [1.29, 1.82) is 0 Å². The molecule has 36 heavy (non-hydrogen) atoms. The minimum absolute atomic E-state index is 0.189. The second-order valence-corrected chi connectivity index (χ2v) is 9.34. The van der Waals surface area contributed by atoms with Gasteiger partial charge in [0.1, 0.15) is 5.52 Å². The molecule has 0 aliphatic rings. The molecule has 0 aliphatic carbocycles. The Hall–Kier alpha value is -4.15. The number of hydrogen-bond acceptors (Lipinski definition) is 5. The van der Waals surface area contributed by atoms with Gasteiger partial charge in [-0.15, -0.1) is 5.10 Å². The van der Waals surface area contributed by atoms with Crippen molar-refractivity contribution < 1.29 is 23.1 Å². The lowest BCUT2D eigenvalue weighted by atomic mass is 10.1. The lowest BCUT2D eigenvalue weighted by Gasteiger charge is -2.33. The quantitative estimate of drug-likeness (QED) is 0.343. The van der Waals surface area contributed by atoms with Gasteiger partial charge in [0, 0.05) is 23.3 Å². The Balaban J connectivity index is 1.66. The number of benzene rings is 2. The van der Waals surface area contributed by atoms with E-state index in [1.54, 1.807) is 37.4 Å². The first-order valence-electron chi connectivity index (χ1n) is 11.1. The molecular weight excluding hydrogens is 473 g/mol. The molecule has 4 aromatic rings. The third kappa shape index (κ3) is 5.24. The number of alkyl halides is 3. The monoisotopic (exact) mass is 498 g/mol. The Labute approximate surface area is 205 Å². The number of aryl methyl sites for hydroxylation is 1. The molecule has 2 heterocycles. The highest BCUT2D eigenvalue weighted by molar-refractivity contribution is 5.67. The van der Waals surface area contributed by atoms with Crippen LogP contribution in [0.5, 0.6) is 0 Å². The number of carboxylic acid groups (broad SMARTS) is 1. The Morgan fingerprint density at radius 1 is 1.11 bits per heavy atom. The number of halogens is 3. The van der Waals surface area contributed by atoms with Crippen LogP contribution in [0.25, 0.3) is 16.9 Å². The maximum Gasteiger partial charge on any atom is 0.416 e. The molecule has 0 atom stereocenters. The lowest BCUT2D eigenvalue weighted by Crippen LogP contribution is -2.44. The van der Waals surface area contributed by atoms with Gasteiger partial charge in [-0.05, 0) is 57.5 Å². The van der Waals surface area contributed by atoms with Gasteiger partial charge in [-0.2, -0.15) is 13.2 Å². The Morgan fingerprint density at radius 3 is 2.50 bits per heavy atom. The highest BCUT2D eigenvalue weighted by Crippen LogP contribution is 2.32. The molecule has 0 bridgehead atoms. The minimum atomic E-state index is -4.48. The second kappa shape index (κ2) is 9.14. The van der Waals surface area contributed by atoms with Crippen LogP contribution in [0.3, 0.4) is 0 Å². The normalized spacial score (nSPS) is 12.1. The summed E-state index contributed by atoms with van der Waals surface area (Å²) < 4.78 is 41.1. The first-order valence-corrected chi connectivity index (χ1v) is 11.1. The van der Waals surface area contributed by atoms with E-state index < -0.39 is 23.4 Å². The zero-order valence-corrected chi connectivity index (χ0v) is 20.1. The molecule has 0 aliphatic heterocycles. The molecule has 2 aromatic carbocycles. The van der Waals surface area contributed by atoms with Gasteiger partial charge in [-0.3, -0.25) is 4.90 Å². The number of nitrogens with zero attached hydrogens (tertiary/aromatic N) is 5. The van der Waals surface area contributed by atoms with Gasteiger partial charge in [-0.1, -0.05) is 24.3 Å². The number of nitrogens with one attached hydrogen (secondary N) is 1. The summed E-state index contributed by atoms with van der Waals surface area (Å²) in [5, 5.41) is 17.1. The first-order chi connectivity index (χ1) is 16.8. The summed E-state index contributed by atoms with van der Waals surface area (Å²) in [6, 6.07) is 12.1. The number of rotatable bonds is 5. The molecule has 4 rings (SSSR count). The van der Waals surface area contributed by atoms with E-state index in [2.05, 4.69) is 20.4 Å². The number of carbonyl (C=O) groups is 1. The fourth-order valence-corrected chi connectivity index (χ4v) is 3.75. The Kier molecular flexibility index (Phi) is 6.33. The molecular formula is C25H25F3N6O2. The summed E-state index contributed by atoms with van der Waals surface area (Å²) in [4.78, 5) is 21.8. The largest absolute Gasteiger partial charge is 0.465 e. The summed E-state index contributed by atoms with van der Waals surface area (Å²) in [5.74, 6) is 0.464.